The van der Waals surface area contributed by atoms with Crippen LogP contribution in [0.4, 0.5) is 11.8 Å². The molecular weight excluding hydrogens is 350 g/mol. The summed E-state index contributed by atoms with van der Waals surface area (Å²) >= 11 is 0. The van der Waals surface area contributed by atoms with Crippen LogP contribution in [0.2, 0.25) is 0 Å². The van der Waals surface area contributed by atoms with Crippen molar-refractivity contribution >= 4 is 32.5 Å². The van der Waals surface area contributed by atoms with Crippen molar-refractivity contribution in [2.24, 2.45) is 0 Å². The highest BCUT2D eigenvalue weighted by Crippen LogP contribution is 2.19. The van der Waals surface area contributed by atoms with Crippen molar-refractivity contribution in [3.8, 4) is 0 Å². The number of H-pyrrole nitrogens is 1. The number of sulfone groups is 1. The van der Waals surface area contributed by atoms with E-state index in [9.17, 15) is 8.42 Å². The van der Waals surface area contributed by atoms with E-state index in [1.165, 1.54) is 10.9 Å². The number of anilines is 2. The highest BCUT2D eigenvalue weighted by atomic mass is 32.2. The van der Waals surface area contributed by atoms with Crippen molar-refractivity contribution in [2.75, 3.05) is 28.7 Å². The number of hydrogen-bond acceptors (Lipinski definition) is 6. The summed E-state index contributed by atoms with van der Waals surface area (Å²) in [5, 5.41) is 7.66. The Balaban J connectivity index is 1.35. The van der Waals surface area contributed by atoms with Crippen molar-refractivity contribution in [2.45, 2.75) is 18.9 Å². The lowest BCUT2D eigenvalue weighted by Gasteiger charge is -2.12. The molecule has 1 aromatic carbocycles. The Labute approximate surface area is 152 Å². The van der Waals surface area contributed by atoms with E-state index in [4.69, 9.17) is 0 Å². The lowest BCUT2D eigenvalue weighted by molar-refractivity contribution is 0.602. The molecule has 26 heavy (non-hydrogen) atoms. The number of benzene rings is 1. The van der Waals surface area contributed by atoms with Crippen LogP contribution in [0.15, 0.2) is 42.7 Å². The second kappa shape index (κ2) is 6.95. The molecule has 2 aromatic heterocycles. The third-order valence-electron chi connectivity index (χ3n) is 4.60. The van der Waals surface area contributed by atoms with Gasteiger partial charge in [0.15, 0.2) is 9.84 Å². The molecule has 1 aliphatic heterocycles. The van der Waals surface area contributed by atoms with Gasteiger partial charge in [0, 0.05) is 35.9 Å². The van der Waals surface area contributed by atoms with E-state index < -0.39 is 9.84 Å². The summed E-state index contributed by atoms with van der Waals surface area (Å²) in [5.41, 5.74) is 2.40. The van der Waals surface area contributed by atoms with Crippen LogP contribution >= 0.6 is 0 Å². The van der Waals surface area contributed by atoms with Crippen molar-refractivity contribution < 1.29 is 8.42 Å². The summed E-state index contributed by atoms with van der Waals surface area (Å²) < 4.78 is 23.1. The maximum Gasteiger partial charge on any atom is 0.224 e. The number of aromatic amines is 1. The average Bonchev–Trinajstić information content (AvgIpc) is 3.18. The Morgan fingerprint density at radius 1 is 1.23 bits per heavy atom. The number of rotatable bonds is 6. The molecule has 1 fully saturated rings. The van der Waals surface area contributed by atoms with Gasteiger partial charge in [-0.1, -0.05) is 18.2 Å². The molecule has 3 heterocycles. The molecule has 0 spiro atoms. The Kier molecular flexibility index (Phi) is 4.50. The number of nitrogens with one attached hydrogen (secondary N) is 3. The maximum atomic E-state index is 11.5. The van der Waals surface area contributed by atoms with Crippen LogP contribution in [-0.4, -0.2) is 47.5 Å². The molecule has 0 radical (unpaired) electrons. The molecule has 4 rings (SSSR count). The summed E-state index contributed by atoms with van der Waals surface area (Å²) in [4.78, 5) is 11.9. The highest BCUT2D eigenvalue weighted by Gasteiger charge is 2.28. The van der Waals surface area contributed by atoms with Gasteiger partial charge in [-0.25, -0.2) is 13.4 Å². The Hall–Kier alpha value is -2.61. The van der Waals surface area contributed by atoms with Crippen LogP contribution in [0, 0.1) is 0 Å². The molecular formula is C18H21N5O2S. The van der Waals surface area contributed by atoms with Crippen molar-refractivity contribution in [3.05, 3.63) is 48.3 Å². The molecule has 1 saturated heterocycles. The summed E-state index contributed by atoms with van der Waals surface area (Å²) in [5.74, 6) is 1.56. The normalized spacial score (nSPS) is 18.8. The van der Waals surface area contributed by atoms with Crippen LogP contribution in [0.5, 0.6) is 0 Å². The van der Waals surface area contributed by atoms with Crippen LogP contribution in [-0.2, 0) is 16.3 Å². The molecule has 0 saturated carbocycles. The summed E-state index contributed by atoms with van der Waals surface area (Å²) in [6.45, 7) is 0.746. The molecule has 1 atom stereocenters. The first-order valence-corrected chi connectivity index (χ1v) is 10.5. The van der Waals surface area contributed by atoms with Gasteiger partial charge < -0.3 is 15.6 Å². The second-order valence-corrected chi connectivity index (χ2v) is 8.77. The van der Waals surface area contributed by atoms with Gasteiger partial charge >= 0.3 is 0 Å². The molecule has 3 N–H and O–H groups in total. The van der Waals surface area contributed by atoms with Crippen molar-refractivity contribution in [3.63, 3.8) is 0 Å². The lowest BCUT2D eigenvalue weighted by Crippen LogP contribution is -2.22. The van der Waals surface area contributed by atoms with Gasteiger partial charge in [0.2, 0.25) is 5.95 Å². The van der Waals surface area contributed by atoms with E-state index in [-0.39, 0.29) is 17.5 Å². The molecule has 0 amide bonds. The first-order valence-electron chi connectivity index (χ1n) is 8.68. The predicted molar refractivity (Wildman–Crippen MR) is 103 cm³/mol. The van der Waals surface area contributed by atoms with Crippen LogP contribution < -0.4 is 10.6 Å². The van der Waals surface area contributed by atoms with Gasteiger partial charge in [0.25, 0.3) is 0 Å². The molecule has 1 unspecified atom stereocenters. The molecule has 0 aliphatic carbocycles. The fourth-order valence-corrected chi connectivity index (χ4v) is 4.96. The fraction of sp³-hybridized carbons (Fsp3) is 0.333. The molecule has 8 heteroatoms. The van der Waals surface area contributed by atoms with Crippen LogP contribution in [0.25, 0.3) is 10.9 Å². The van der Waals surface area contributed by atoms with Crippen LogP contribution in [0.3, 0.4) is 0 Å². The first kappa shape index (κ1) is 16.8. The summed E-state index contributed by atoms with van der Waals surface area (Å²) in [6.07, 6.45) is 5.19. The summed E-state index contributed by atoms with van der Waals surface area (Å²) in [6, 6.07) is 9.94. The zero-order valence-electron chi connectivity index (χ0n) is 14.3. The van der Waals surface area contributed by atoms with E-state index in [1.807, 2.05) is 24.4 Å². The standard InChI is InChI=1S/C18H21N5O2S/c24-26(25)10-7-14(12-26)22-18-20-9-6-17(23-18)19-8-5-13-11-21-16-4-2-1-3-15(13)16/h1-4,6,9,11,14,21H,5,7-8,10,12H2,(H2,19,20,22,23). The lowest BCUT2D eigenvalue weighted by atomic mass is 10.1. The van der Waals surface area contributed by atoms with E-state index in [0.717, 1.165) is 24.3 Å². The smallest absolute Gasteiger partial charge is 0.224 e. The highest BCUT2D eigenvalue weighted by molar-refractivity contribution is 7.91. The molecule has 3 aromatic rings. The molecule has 136 valence electrons. The third kappa shape index (κ3) is 3.80. The SMILES string of the molecule is O=S1(=O)CCC(Nc2nccc(NCCc3c[nH]c4ccccc34)n2)C1. The van der Waals surface area contributed by atoms with Gasteiger partial charge in [-0.05, 0) is 30.5 Å². The Bertz CT molecular complexity index is 1020. The molecule has 7 nitrogen and oxygen atoms in total. The van der Waals surface area contributed by atoms with Gasteiger partial charge in [-0.3, -0.25) is 0 Å². The van der Waals surface area contributed by atoms with E-state index >= 15 is 0 Å². The van der Waals surface area contributed by atoms with Gasteiger partial charge in [0.05, 0.1) is 11.5 Å². The summed E-state index contributed by atoms with van der Waals surface area (Å²) in [7, 11) is -2.92. The van der Waals surface area contributed by atoms with E-state index in [0.29, 0.717) is 12.4 Å². The monoisotopic (exact) mass is 371 g/mol. The van der Waals surface area contributed by atoms with Gasteiger partial charge in [-0.15, -0.1) is 0 Å². The van der Waals surface area contributed by atoms with Crippen molar-refractivity contribution in [1.82, 2.24) is 15.0 Å². The Morgan fingerprint density at radius 3 is 2.96 bits per heavy atom. The number of aromatic nitrogens is 3. The predicted octanol–water partition coefficient (Wildman–Crippen LogP) is 2.21. The average molecular weight is 371 g/mol. The first-order chi connectivity index (χ1) is 12.6. The minimum absolute atomic E-state index is 0.110. The zero-order valence-corrected chi connectivity index (χ0v) is 15.1. The molecule has 1 aliphatic rings. The molecule has 0 bridgehead atoms. The van der Waals surface area contributed by atoms with Gasteiger partial charge in [-0.2, -0.15) is 4.98 Å². The third-order valence-corrected chi connectivity index (χ3v) is 6.36. The number of hydrogen-bond donors (Lipinski definition) is 3. The van der Waals surface area contributed by atoms with E-state index in [1.54, 1.807) is 6.20 Å². The van der Waals surface area contributed by atoms with Gasteiger partial charge in [0.1, 0.15) is 5.82 Å². The van der Waals surface area contributed by atoms with Crippen molar-refractivity contribution in [1.29, 1.82) is 0 Å². The topological polar surface area (TPSA) is 99.8 Å². The minimum atomic E-state index is -2.92. The van der Waals surface area contributed by atoms with Crippen LogP contribution in [0.1, 0.15) is 12.0 Å². The largest absolute Gasteiger partial charge is 0.370 e. The fourth-order valence-electron chi connectivity index (χ4n) is 3.28. The zero-order chi connectivity index (χ0) is 18.0. The van der Waals surface area contributed by atoms with E-state index in [2.05, 4.69) is 37.7 Å². The number of fused-ring (bicyclic) bond motifs is 1. The maximum absolute atomic E-state index is 11.5. The number of para-hydroxylation sites is 1. The second-order valence-electron chi connectivity index (χ2n) is 6.55. The number of nitrogens with zero attached hydrogens (tertiary/aromatic N) is 2. The minimum Gasteiger partial charge on any atom is -0.370 e. The quantitative estimate of drug-likeness (QED) is 0.614. The Morgan fingerprint density at radius 2 is 2.12 bits per heavy atom.